The van der Waals surface area contributed by atoms with E-state index in [1.807, 2.05) is 51.1 Å². The molecule has 0 saturated carbocycles. The average molecular weight is 722 g/mol. The van der Waals surface area contributed by atoms with Crippen molar-refractivity contribution in [3.05, 3.63) is 91.9 Å². The second kappa shape index (κ2) is 15.3. The van der Waals surface area contributed by atoms with Crippen LogP contribution in [0.4, 0.5) is 0 Å². The summed E-state index contributed by atoms with van der Waals surface area (Å²) in [5, 5.41) is 2.67. The van der Waals surface area contributed by atoms with E-state index in [-0.39, 0.29) is 48.0 Å². The lowest BCUT2D eigenvalue weighted by Gasteiger charge is -2.35. The first kappa shape index (κ1) is 39.1. The number of aryl methyl sites for hydroxylation is 1. The van der Waals surface area contributed by atoms with E-state index in [1.54, 1.807) is 47.6 Å². The van der Waals surface area contributed by atoms with Crippen LogP contribution in [0.3, 0.4) is 0 Å². The molecular formula is C38H51N5O7S. The molecule has 276 valence electrons. The highest BCUT2D eigenvalue weighted by atomic mass is 32.2. The number of nitrogens with one attached hydrogen (secondary N) is 2. The number of aliphatic imine (C=N–C) groups is 1. The molecule has 1 amide bonds. The molecule has 1 aliphatic rings. The van der Waals surface area contributed by atoms with Gasteiger partial charge in [-0.2, -0.15) is 0 Å². The summed E-state index contributed by atoms with van der Waals surface area (Å²) in [4.78, 5) is 44.4. The third-order valence-electron chi connectivity index (χ3n) is 8.92. The molecule has 4 rings (SSSR count). The molecule has 4 N–H and O–H groups in total. The average Bonchev–Trinajstić information content (AvgIpc) is 3.02. The lowest BCUT2D eigenvalue weighted by atomic mass is 9.88. The highest BCUT2D eigenvalue weighted by Crippen LogP contribution is 2.42. The summed E-state index contributed by atoms with van der Waals surface area (Å²) >= 11 is 0. The van der Waals surface area contributed by atoms with E-state index < -0.39 is 39.1 Å². The summed E-state index contributed by atoms with van der Waals surface area (Å²) < 4.78 is 42.9. The zero-order valence-corrected chi connectivity index (χ0v) is 31.9. The molecule has 1 aromatic heterocycles. The van der Waals surface area contributed by atoms with Crippen molar-refractivity contribution in [1.29, 1.82) is 0 Å². The van der Waals surface area contributed by atoms with Gasteiger partial charge in [-0.25, -0.2) is 17.9 Å². The van der Waals surface area contributed by atoms with Crippen LogP contribution < -0.4 is 26.1 Å². The second-order valence-electron chi connectivity index (χ2n) is 14.7. The highest BCUT2D eigenvalue weighted by molar-refractivity contribution is 7.90. The van der Waals surface area contributed by atoms with Crippen molar-refractivity contribution in [2.24, 2.45) is 10.7 Å². The first-order chi connectivity index (χ1) is 23.7. The predicted octanol–water partition coefficient (Wildman–Crippen LogP) is 4.75. The molecule has 12 nitrogen and oxygen atoms in total. The van der Waals surface area contributed by atoms with E-state index in [4.69, 9.17) is 15.2 Å². The van der Waals surface area contributed by atoms with Crippen LogP contribution in [0.1, 0.15) is 97.8 Å². The van der Waals surface area contributed by atoms with Gasteiger partial charge in [0.2, 0.25) is 5.96 Å². The Hall–Kier alpha value is -4.65. The summed E-state index contributed by atoms with van der Waals surface area (Å²) in [7, 11) is -4.09. The minimum atomic E-state index is -4.09. The van der Waals surface area contributed by atoms with Crippen LogP contribution in [0.5, 0.6) is 5.75 Å². The number of nitrogens with two attached hydrogens (primary N) is 1. The monoisotopic (exact) mass is 721 g/mol. The van der Waals surface area contributed by atoms with E-state index in [0.29, 0.717) is 23.2 Å². The van der Waals surface area contributed by atoms with E-state index in [1.165, 1.54) is 10.6 Å². The Kier molecular flexibility index (Phi) is 11.7. The minimum absolute atomic E-state index is 0.0437. The van der Waals surface area contributed by atoms with E-state index in [0.717, 1.165) is 28.9 Å². The van der Waals surface area contributed by atoms with Crippen molar-refractivity contribution >= 4 is 27.9 Å². The van der Waals surface area contributed by atoms with Gasteiger partial charge in [0.05, 0.1) is 11.4 Å². The van der Waals surface area contributed by atoms with E-state index in [2.05, 4.69) is 15.0 Å². The largest absolute Gasteiger partial charge is 0.487 e. The molecule has 2 heterocycles. The third-order valence-corrected chi connectivity index (χ3v) is 10.6. The first-order valence-corrected chi connectivity index (χ1v) is 18.6. The standard InChI is InChI=1S/C38H51N5O7S/c1-23-17-18-29(34(45)43(23)22-27-14-11-10-12-15-27)33(44)41-30(35(46)50-37(5,6)7)16-13-21-40-36(39)42-51(47,48)32-25(3)24(2)31-28(26(32)4)19-20-38(8,9)49-31/h10-12,14-15,17-18,30H,13,16,19-22H2,1-9H3,(H,41,44)(H3,39,40,42)/t30-/m0/s1. The summed E-state index contributed by atoms with van der Waals surface area (Å²) in [6.07, 6.45) is 1.76. The van der Waals surface area contributed by atoms with Crippen molar-refractivity contribution in [2.45, 2.75) is 117 Å². The smallest absolute Gasteiger partial charge is 0.329 e. The van der Waals surface area contributed by atoms with Gasteiger partial charge < -0.3 is 25.1 Å². The normalized spacial score (nSPS) is 15.0. The number of carbonyl (C=O) groups excluding carboxylic acids is 2. The summed E-state index contributed by atoms with van der Waals surface area (Å²) in [5.41, 5.74) is 8.67. The molecule has 1 atom stereocenters. The van der Waals surface area contributed by atoms with E-state index in [9.17, 15) is 22.8 Å². The molecule has 2 aromatic carbocycles. The van der Waals surface area contributed by atoms with Crippen molar-refractivity contribution < 1.29 is 27.5 Å². The highest BCUT2D eigenvalue weighted by Gasteiger charge is 2.34. The number of fused-ring (bicyclic) bond motifs is 1. The molecule has 0 unspecified atom stereocenters. The maximum Gasteiger partial charge on any atom is 0.329 e. The van der Waals surface area contributed by atoms with Gasteiger partial charge in [0.1, 0.15) is 28.6 Å². The molecule has 0 saturated heterocycles. The Labute approximate surface area is 300 Å². The van der Waals surface area contributed by atoms with Gasteiger partial charge in [0.25, 0.3) is 21.5 Å². The Morgan fingerprint density at radius 2 is 1.71 bits per heavy atom. The van der Waals surface area contributed by atoms with Gasteiger partial charge in [-0.1, -0.05) is 30.3 Å². The van der Waals surface area contributed by atoms with Crippen LogP contribution >= 0.6 is 0 Å². The number of hydrogen-bond acceptors (Lipinski definition) is 8. The van der Waals surface area contributed by atoms with Crippen molar-refractivity contribution in [2.75, 3.05) is 6.54 Å². The number of carbonyl (C=O) groups is 2. The topological polar surface area (TPSA) is 171 Å². The number of guanidine groups is 1. The van der Waals surface area contributed by atoms with Crippen LogP contribution in [-0.2, 0) is 32.5 Å². The molecule has 0 spiro atoms. The Bertz CT molecular complexity index is 2000. The van der Waals surface area contributed by atoms with Gasteiger partial charge in [0.15, 0.2) is 0 Å². The van der Waals surface area contributed by atoms with Gasteiger partial charge in [-0.15, -0.1) is 0 Å². The quantitative estimate of drug-likeness (QED) is 0.110. The fourth-order valence-corrected chi connectivity index (χ4v) is 7.66. The molecule has 0 aliphatic carbocycles. The zero-order chi connectivity index (χ0) is 37.9. The van der Waals surface area contributed by atoms with E-state index >= 15 is 0 Å². The SMILES string of the molecule is Cc1c(C)c(S(=O)(=O)NC(N)=NCCC[C@H](NC(=O)c2ccc(C)n(Cc3ccccc3)c2=O)C(=O)OC(C)(C)C)c(C)c2c1OC(C)(C)CC2. The number of hydrogen-bond donors (Lipinski definition) is 3. The third kappa shape index (κ3) is 9.57. The molecular weight excluding hydrogens is 671 g/mol. The fourth-order valence-electron chi connectivity index (χ4n) is 6.13. The molecule has 51 heavy (non-hydrogen) atoms. The number of amides is 1. The number of pyridine rings is 1. The van der Waals surface area contributed by atoms with Gasteiger partial charge in [-0.05, 0) is 128 Å². The number of nitrogens with zero attached hydrogens (tertiary/aromatic N) is 2. The summed E-state index contributed by atoms with van der Waals surface area (Å²) in [5.74, 6) is -0.966. The van der Waals surface area contributed by atoms with Crippen molar-refractivity contribution in [1.82, 2.24) is 14.6 Å². The first-order valence-electron chi connectivity index (χ1n) is 17.1. The number of esters is 1. The predicted molar refractivity (Wildman–Crippen MR) is 198 cm³/mol. The lowest BCUT2D eigenvalue weighted by molar-refractivity contribution is -0.157. The number of ether oxygens (including phenoxy) is 2. The molecule has 1 aliphatic heterocycles. The number of sulfonamides is 1. The molecule has 13 heteroatoms. The summed E-state index contributed by atoms with van der Waals surface area (Å²) in [6, 6.07) is 11.4. The Balaban J connectivity index is 1.48. The van der Waals surface area contributed by atoms with Gasteiger partial charge >= 0.3 is 5.97 Å². The molecule has 0 bridgehead atoms. The number of rotatable bonds is 11. The molecule has 0 radical (unpaired) electrons. The fraction of sp³-hybridized carbons (Fsp3) is 0.474. The number of benzene rings is 2. The molecule has 0 fully saturated rings. The zero-order valence-electron chi connectivity index (χ0n) is 31.1. The van der Waals surface area contributed by atoms with Crippen LogP contribution in [0, 0.1) is 27.7 Å². The van der Waals surface area contributed by atoms with Crippen LogP contribution in [0.2, 0.25) is 0 Å². The number of aromatic nitrogens is 1. The van der Waals surface area contributed by atoms with Crippen LogP contribution in [-0.4, -0.2) is 54.6 Å². The van der Waals surface area contributed by atoms with Crippen LogP contribution in [0.25, 0.3) is 0 Å². The van der Waals surface area contributed by atoms with Crippen LogP contribution in [0.15, 0.2) is 57.1 Å². The minimum Gasteiger partial charge on any atom is -0.487 e. The van der Waals surface area contributed by atoms with Crippen molar-refractivity contribution in [3.8, 4) is 5.75 Å². The van der Waals surface area contributed by atoms with Gasteiger partial charge in [-0.3, -0.25) is 14.6 Å². The van der Waals surface area contributed by atoms with Gasteiger partial charge in [0, 0.05) is 12.2 Å². The maximum atomic E-state index is 13.6. The second-order valence-corrected chi connectivity index (χ2v) is 16.3. The summed E-state index contributed by atoms with van der Waals surface area (Å²) in [6.45, 7) is 16.6. The molecule has 3 aromatic rings. The Morgan fingerprint density at radius 1 is 1.04 bits per heavy atom. The lowest BCUT2D eigenvalue weighted by Crippen LogP contribution is -2.46. The maximum absolute atomic E-state index is 13.6. The van der Waals surface area contributed by atoms with Crippen molar-refractivity contribution in [3.63, 3.8) is 0 Å². The Morgan fingerprint density at radius 3 is 2.35 bits per heavy atom.